The van der Waals surface area contributed by atoms with Crippen LogP contribution in [-0.2, 0) is 0 Å². The van der Waals surface area contributed by atoms with Crippen molar-refractivity contribution in [2.75, 3.05) is 11.9 Å². The lowest BCUT2D eigenvalue weighted by molar-refractivity contribution is 0.276. The second kappa shape index (κ2) is 7.51. The molecule has 1 atom stereocenters. The minimum absolute atomic E-state index is 0.0623. The summed E-state index contributed by atoms with van der Waals surface area (Å²) in [5, 5.41) is 22.4. The lowest BCUT2D eigenvalue weighted by Gasteiger charge is -2.18. The number of nitrogens with one attached hydrogen (secondary N) is 1. The Morgan fingerprint density at radius 3 is 2.60 bits per heavy atom. The first-order chi connectivity index (χ1) is 12.1. The Morgan fingerprint density at radius 2 is 1.88 bits per heavy atom. The number of hydrogen-bond acceptors (Lipinski definition) is 4. The van der Waals surface area contributed by atoms with Gasteiger partial charge >= 0.3 is 0 Å². The zero-order valence-electron chi connectivity index (χ0n) is 13.2. The summed E-state index contributed by atoms with van der Waals surface area (Å²) >= 11 is 5.88. The maximum Gasteiger partial charge on any atom is 0.137 e. The van der Waals surface area contributed by atoms with E-state index >= 15 is 0 Å². The third-order valence-electron chi connectivity index (χ3n) is 3.81. The standard InChI is InChI=1S/C19H16ClFN2O2/c20-16-7-15(17(21)8-19(16)25)13-6-14(10-22-9-13)23-18(11-24)12-4-2-1-3-5-12/h1-10,18,23-25H,11H2. The van der Waals surface area contributed by atoms with Gasteiger partial charge in [0.2, 0.25) is 0 Å². The molecule has 0 bridgehead atoms. The Morgan fingerprint density at radius 1 is 1.12 bits per heavy atom. The number of anilines is 1. The van der Waals surface area contributed by atoms with Crippen LogP contribution >= 0.6 is 11.6 Å². The molecule has 128 valence electrons. The molecule has 0 aliphatic carbocycles. The lowest BCUT2D eigenvalue weighted by atomic mass is 10.1. The summed E-state index contributed by atoms with van der Waals surface area (Å²) in [7, 11) is 0. The molecule has 3 rings (SSSR count). The smallest absolute Gasteiger partial charge is 0.137 e. The van der Waals surface area contributed by atoms with Crippen LogP contribution in [0.5, 0.6) is 5.75 Å². The average molecular weight is 359 g/mol. The summed E-state index contributed by atoms with van der Waals surface area (Å²) in [5.41, 5.74) is 2.30. The first-order valence-electron chi connectivity index (χ1n) is 7.64. The van der Waals surface area contributed by atoms with Gasteiger partial charge in [0.1, 0.15) is 11.6 Å². The van der Waals surface area contributed by atoms with Gasteiger partial charge in [0.05, 0.1) is 23.4 Å². The molecule has 0 spiro atoms. The van der Waals surface area contributed by atoms with E-state index in [-0.39, 0.29) is 29.0 Å². The summed E-state index contributed by atoms with van der Waals surface area (Å²) in [4.78, 5) is 4.12. The summed E-state index contributed by atoms with van der Waals surface area (Å²) in [5.74, 6) is -0.905. The SMILES string of the molecule is OCC(Nc1cncc(-c2cc(Cl)c(O)cc2F)c1)c1ccccc1. The molecule has 1 aromatic heterocycles. The number of aliphatic hydroxyl groups is 1. The highest BCUT2D eigenvalue weighted by Gasteiger charge is 2.13. The number of phenolic OH excluding ortho intramolecular Hbond substituents is 1. The Bertz CT molecular complexity index is 875. The van der Waals surface area contributed by atoms with Gasteiger partial charge in [0.25, 0.3) is 0 Å². The zero-order valence-corrected chi connectivity index (χ0v) is 13.9. The highest BCUT2D eigenvalue weighted by molar-refractivity contribution is 6.32. The molecule has 2 aromatic carbocycles. The number of benzene rings is 2. The van der Waals surface area contributed by atoms with Crippen LogP contribution in [0.15, 0.2) is 60.9 Å². The monoisotopic (exact) mass is 358 g/mol. The molecule has 3 N–H and O–H groups in total. The van der Waals surface area contributed by atoms with Crippen molar-refractivity contribution in [3.05, 3.63) is 77.3 Å². The number of aromatic nitrogens is 1. The number of rotatable bonds is 5. The molecule has 0 fully saturated rings. The number of pyridine rings is 1. The number of aromatic hydroxyl groups is 1. The first-order valence-corrected chi connectivity index (χ1v) is 8.02. The minimum atomic E-state index is -0.595. The summed E-state index contributed by atoms with van der Waals surface area (Å²) < 4.78 is 14.1. The molecule has 6 heteroatoms. The molecule has 1 unspecified atom stereocenters. The van der Waals surface area contributed by atoms with Gasteiger partial charge in [-0.2, -0.15) is 0 Å². The second-order valence-electron chi connectivity index (χ2n) is 5.54. The number of aliphatic hydroxyl groups excluding tert-OH is 1. The second-order valence-corrected chi connectivity index (χ2v) is 5.94. The highest BCUT2D eigenvalue weighted by atomic mass is 35.5. The number of nitrogens with zero attached hydrogens (tertiary/aromatic N) is 1. The van der Waals surface area contributed by atoms with Crippen LogP contribution in [0.25, 0.3) is 11.1 Å². The van der Waals surface area contributed by atoms with E-state index in [2.05, 4.69) is 10.3 Å². The Balaban J connectivity index is 1.91. The molecular weight excluding hydrogens is 343 g/mol. The number of phenols is 1. The fraction of sp³-hybridized carbons (Fsp3) is 0.105. The van der Waals surface area contributed by atoms with Gasteiger partial charge in [-0.3, -0.25) is 4.98 Å². The Kier molecular flexibility index (Phi) is 5.16. The van der Waals surface area contributed by atoms with Gasteiger partial charge in [-0.1, -0.05) is 41.9 Å². The average Bonchev–Trinajstić information content (AvgIpc) is 2.63. The van der Waals surface area contributed by atoms with Gasteiger partial charge in [-0.25, -0.2) is 4.39 Å². The highest BCUT2D eigenvalue weighted by Crippen LogP contribution is 2.33. The van der Waals surface area contributed by atoms with Crippen molar-refractivity contribution in [1.29, 1.82) is 0 Å². The molecule has 0 aliphatic rings. The van der Waals surface area contributed by atoms with Crippen molar-refractivity contribution < 1.29 is 14.6 Å². The van der Waals surface area contributed by atoms with Crippen molar-refractivity contribution >= 4 is 17.3 Å². The Labute approximate surface area is 149 Å². The maximum atomic E-state index is 14.1. The van der Waals surface area contributed by atoms with Crippen LogP contribution < -0.4 is 5.32 Å². The largest absolute Gasteiger partial charge is 0.506 e. The molecule has 0 radical (unpaired) electrons. The summed E-state index contributed by atoms with van der Waals surface area (Å²) in [6.45, 7) is -0.104. The van der Waals surface area contributed by atoms with E-state index in [9.17, 15) is 14.6 Å². The molecule has 0 saturated heterocycles. The number of hydrogen-bond donors (Lipinski definition) is 3. The molecule has 3 aromatic rings. The molecule has 25 heavy (non-hydrogen) atoms. The predicted octanol–water partition coefficient (Wildman–Crippen LogP) is 4.39. The van der Waals surface area contributed by atoms with Gasteiger partial charge < -0.3 is 15.5 Å². The lowest BCUT2D eigenvalue weighted by Crippen LogP contribution is -2.14. The van der Waals surface area contributed by atoms with Gasteiger partial charge in [-0.15, -0.1) is 0 Å². The van der Waals surface area contributed by atoms with Gasteiger partial charge in [0, 0.05) is 29.6 Å². The number of halogens is 2. The van der Waals surface area contributed by atoms with E-state index in [1.54, 1.807) is 12.3 Å². The van der Waals surface area contributed by atoms with E-state index in [1.165, 1.54) is 12.3 Å². The fourth-order valence-electron chi connectivity index (χ4n) is 2.54. The van der Waals surface area contributed by atoms with Crippen LogP contribution in [0.2, 0.25) is 5.02 Å². The quantitative estimate of drug-likeness (QED) is 0.632. The van der Waals surface area contributed by atoms with E-state index < -0.39 is 5.82 Å². The van der Waals surface area contributed by atoms with E-state index in [0.29, 0.717) is 11.3 Å². The molecule has 0 saturated carbocycles. The molecule has 0 amide bonds. The van der Waals surface area contributed by atoms with Gasteiger partial charge in [-0.05, 0) is 17.7 Å². The van der Waals surface area contributed by atoms with Gasteiger partial charge in [0.15, 0.2) is 0 Å². The van der Waals surface area contributed by atoms with E-state index in [1.807, 2.05) is 30.3 Å². The van der Waals surface area contributed by atoms with Crippen LogP contribution in [0.3, 0.4) is 0 Å². The van der Waals surface area contributed by atoms with E-state index in [4.69, 9.17) is 11.6 Å². The van der Waals surface area contributed by atoms with Crippen LogP contribution in [0.4, 0.5) is 10.1 Å². The van der Waals surface area contributed by atoms with Crippen molar-refractivity contribution in [2.24, 2.45) is 0 Å². The molecule has 1 heterocycles. The van der Waals surface area contributed by atoms with Crippen molar-refractivity contribution in [2.45, 2.75) is 6.04 Å². The Hall–Kier alpha value is -2.63. The van der Waals surface area contributed by atoms with Crippen LogP contribution in [0.1, 0.15) is 11.6 Å². The first kappa shape index (κ1) is 17.2. The minimum Gasteiger partial charge on any atom is -0.506 e. The third-order valence-corrected chi connectivity index (χ3v) is 4.11. The molecule has 4 nitrogen and oxygen atoms in total. The van der Waals surface area contributed by atoms with E-state index in [0.717, 1.165) is 11.6 Å². The topological polar surface area (TPSA) is 65.4 Å². The zero-order chi connectivity index (χ0) is 17.8. The molecule has 0 aliphatic heterocycles. The summed E-state index contributed by atoms with van der Waals surface area (Å²) in [6, 6.07) is 13.2. The van der Waals surface area contributed by atoms with Crippen molar-refractivity contribution in [1.82, 2.24) is 4.98 Å². The fourth-order valence-corrected chi connectivity index (χ4v) is 2.71. The predicted molar refractivity (Wildman–Crippen MR) is 96.2 cm³/mol. The maximum absolute atomic E-state index is 14.1. The third kappa shape index (κ3) is 3.90. The van der Waals surface area contributed by atoms with Crippen molar-refractivity contribution in [3.8, 4) is 16.9 Å². The van der Waals surface area contributed by atoms with Crippen LogP contribution in [-0.4, -0.2) is 21.8 Å². The normalized spacial score (nSPS) is 12.0. The van der Waals surface area contributed by atoms with Crippen molar-refractivity contribution in [3.63, 3.8) is 0 Å². The van der Waals surface area contributed by atoms with Crippen LogP contribution in [0, 0.1) is 5.82 Å². The summed E-state index contributed by atoms with van der Waals surface area (Å²) in [6.07, 6.45) is 3.10. The molecular formula is C19H16ClFN2O2.